The predicted molar refractivity (Wildman–Crippen MR) is 88.2 cm³/mol. The van der Waals surface area contributed by atoms with Crippen LogP contribution in [0.4, 0.5) is 0 Å². The van der Waals surface area contributed by atoms with E-state index in [1.54, 1.807) is 0 Å². The number of fused-ring (bicyclic) bond motifs is 1. The van der Waals surface area contributed by atoms with Crippen molar-refractivity contribution in [2.75, 3.05) is 39.8 Å². The SMILES string of the molecule is CN1CCC(C2CCN(C(=O)c3n[nH]c4c3CNCC4)C2)CC1. The lowest BCUT2D eigenvalue weighted by atomic mass is 9.84. The van der Waals surface area contributed by atoms with E-state index < -0.39 is 0 Å². The summed E-state index contributed by atoms with van der Waals surface area (Å²) >= 11 is 0. The summed E-state index contributed by atoms with van der Waals surface area (Å²) in [4.78, 5) is 17.3. The minimum atomic E-state index is 0.127. The first-order valence-corrected chi connectivity index (χ1v) is 8.97. The summed E-state index contributed by atoms with van der Waals surface area (Å²) in [7, 11) is 2.20. The number of aromatic amines is 1. The van der Waals surface area contributed by atoms with E-state index in [9.17, 15) is 4.79 Å². The maximum Gasteiger partial charge on any atom is 0.274 e. The van der Waals surface area contributed by atoms with Gasteiger partial charge in [0.15, 0.2) is 5.69 Å². The second-order valence-corrected chi connectivity index (χ2v) is 7.40. The molecule has 0 spiro atoms. The number of amides is 1. The molecule has 1 amide bonds. The number of likely N-dealkylation sites (tertiary alicyclic amines) is 2. The van der Waals surface area contributed by atoms with Crippen molar-refractivity contribution < 1.29 is 4.79 Å². The van der Waals surface area contributed by atoms with Crippen LogP contribution in [0, 0.1) is 11.8 Å². The predicted octanol–water partition coefficient (Wildman–Crippen LogP) is 0.859. The van der Waals surface area contributed by atoms with Gasteiger partial charge in [-0.2, -0.15) is 5.10 Å². The number of nitrogens with zero attached hydrogens (tertiary/aromatic N) is 3. The number of carbonyl (C=O) groups excluding carboxylic acids is 1. The van der Waals surface area contributed by atoms with E-state index in [2.05, 4.69) is 27.5 Å². The van der Waals surface area contributed by atoms with Crippen molar-refractivity contribution in [3.8, 4) is 0 Å². The zero-order chi connectivity index (χ0) is 15.8. The zero-order valence-electron chi connectivity index (χ0n) is 14.0. The van der Waals surface area contributed by atoms with Crippen LogP contribution in [0.5, 0.6) is 0 Å². The molecule has 3 aliphatic heterocycles. The molecular weight excluding hydrogens is 290 g/mol. The van der Waals surface area contributed by atoms with E-state index in [1.807, 2.05) is 4.90 Å². The van der Waals surface area contributed by atoms with Crippen LogP contribution in [0.2, 0.25) is 0 Å². The molecule has 0 bridgehead atoms. The third-order valence-corrected chi connectivity index (χ3v) is 5.95. The van der Waals surface area contributed by atoms with Crippen molar-refractivity contribution in [3.63, 3.8) is 0 Å². The van der Waals surface area contributed by atoms with E-state index in [4.69, 9.17) is 0 Å². The fraction of sp³-hybridized carbons (Fsp3) is 0.765. The lowest BCUT2D eigenvalue weighted by Gasteiger charge is -2.32. The zero-order valence-corrected chi connectivity index (χ0v) is 14.0. The first-order valence-electron chi connectivity index (χ1n) is 8.97. The summed E-state index contributed by atoms with van der Waals surface area (Å²) in [6.45, 7) is 5.94. The second kappa shape index (κ2) is 6.24. The van der Waals surface area contributed by atoms with E-state index in [0.29, 0.717) is 11.6 Å². The van der Waals surface area contributed by atoms with Crippen molar-refractivity contribution in [3.05, 3.63) is 17.0 Å². The van der Waals surface area contributed by atoms with Gasteiger partial charge in [-0.05, 0) is 51.2 Å². The highest BCUT2D eigenvalue weighted by atomic mass is 16.2. The van der Waals surface area contributed by atoms with Crippen LogP contribution in [0.15, 0.2) is 0 Å². The molecule has 23 heavy (non-hydrogen) atoms. The fourth-order valence-corrected chi connectivity index (χ4v) is 4.41. The van der Waals surface area contributed by atoms with Crippen LogP contribution in [0.25, 0.3) is 0 Å². The van der Waals surface area contributed by atoms with E-state index in [0.717, 1.165) is 56.2 Å². The summed E-state index contributed by atoms with van der Waals surface area (Å²) in [6.07, 6.45) is 4.66. The Labute approximate surface area is 137 Å². The molecule has 2 fully saturated rings. The number of aromatic nitrogens is 2. The molecule has 4 heterocycles. The molecule has 0 radical (unpaired) electrons. The molecule has 2 N–H and O–H groups in total. The molecule has 4 rings (SSSR count). The Balaban J connectivity index is 1.41. The summed E-state index contributed by atoms with van der Waals surface area (Å²) < 4.78 is 0. The molecule has 6 nitrogen and oxygen atoms in total. The van der Waals surface area contributed by atoms with Gasteiger partial charge in [0.05, 0.1) is 0 Å². The highest BCUT2D eigenvalue weighted by Gasteiger charge is 2.35. The molecular formula is C17H27N5O. The summed E-state index contributed by atoms with van der Waals surface area (Å²) in [5, 5.41) is 10.7. The van der Waals surface area contributed by atoms with Crippen molar-refractivity contribution in [2.45, 2.75) is 32.2 Å². The molecule has 6 heteroatoms. The van der Waals surface area contributed by atoms with Crippen molar-refractivity contribution >= 4 is 5.91 Å². The third kappa shape index (κ3) is 2.90. The molecule has 2 saturated heterocycles. The average Bonchev–Trinajstić information content (AvgIpc) is 3.22. The van der Waals surface area contributed by atoms with Gasteiger partial charge in [-0.3, -0.25) is 9.89 Å². The molecule has 1 atom stereocenters. The highest BCUT2D eigenvalue weighted by molar-refractivity contribution is 5.94. The molecule has 0 saturated carbocycles. The van der Waals surface area contributed by atoms with Crippen LogP contribution >= 0.6 is 0 Å². The summed E-state index contributed by atoms with van der Waals surface area (Å²) in [6, 6.07) is 0. The molecule has 1 aromatic heterocycles. The van der Waals surface area contributed by atoms with Gasteiger partial charge in [0, 0.05) is 43.9 Å². The highest BCUT2D eigenvalue weighted by Crippen LogP contribution is 2.32. The minimum Gasteiger partial charge on any atom is -0.337 e. The molecule has 1 aromatic rings. The van der Waals surface area contributed by atoms with Gasteiger partial charge in [0.2, 0.25) is 0 Å². The number of carbonyl (C=O) groups is 1. The van der Waals surface area contributed by atoms with E-state index in [1.165, 1.54) is 25.9 Å². The van der Waals surface area contributed by atoms with Gasteiger partial charge in [-0.25, -0.2) is 0 Å². The van der Waals surface area contributed by atoms with Gasteiger partial charge < -0.3 is 15.1 Å². The normalized spacial score (nSPS) is 26.5. The average molecular weight is 317 g/mol. The fourth-order valence-electron chi connectivity index (χ4n) is 4.41. The molecule has 3 aliphatic rings. The van der Waals surface area contributed by atoms with Crippen LogP contribution in [0.3, 0.4) is 0 Å². The van der Waals surface area contributed by atoms with Gasteiger partial charge in [0.25, 0.3) is 5.91 Å². The summed E-state index contributed by atoms with van der Waals surface area (Å²) in [5.41, 5.74) is 2.87. The van der Waals surface area contributed by atoms with Crippen molar-refractivity contribution in [1.82, 2.24) is 25.3 Å². The van der Waals surface area contributed by atoms with Gasteiger partial charge in [-0.15, -0.1) is 0 Å². The van der Waals surface area contributed by atoms with E-state index >= 15 is 0 Å². The second-order valence-electron chi connectivity index (χ2n) is 7.40. The Kier molecular flexibility index (Phi) is 4.11. The topological polar surface area (TPSA) is 64.3 Å². The molecule has 0 aliphatic carbocycles. The maximum atomic E-state index is 12.9. The monoisotopic (exact) mass is 317 g/mol. The molecule has 0 aromatic carbocycles. The standard InChI is InChI=1S/C17H27N5O/c1-21-7-3-12(4-8-21)13-5-9-22(11-13)17(23)16-14-10-18-6-2-15(14)19-20-16/h12-13,18H,2-11H2,1H3,(H,19,20). The Hall–Kier alpha value is -1.40. The minimum absolute atomic E-state index is 0.127. The Morgan fingerprint density at radius 2 is 1.96 bits per heavy atom. The first-order chi connectivity index (χ1) is 11.2. The van der Waals surface area contributed by atoms with Crippen LogP contribution in [-0.4, -0.2) is 65.7 Å². The van der Waals surface area contributed by atoms with Gasteiger partial charge in [0.1, 0.15) is 0 Å². The smallest absolute Gasteiger partial charge is 0.274 e. The quantitative estimate of drug-likeness (QED) is 0.849. The maximum absolute atomic E-state index is 12.9. The first kappa shape index (κ1) is 15.1. The largest absolute Gasteiger partial charge is 0.337 e. The van der Waals surface area contributed by atoms with Gasteiger partial charge in [-0.1, -0.05) is 0 Å². The Morgan fingerprint density at radius 3 is 2.78 bits per heavy atom. The number of piperidine rings is 1. The number of nitrogens with one attached hydrogen (secondary N) is 2. The van der Waals surface area contributed by atoms with Crippen molar-refractivity contribution in [2.24, 2.45) is 11.8 Å². The van der Waals surface area contributed by atoms with Gasteiger partial charge >= 0.3 is 0 Å². The molecule has 1 unspecified atom stereocenters. The number of hydrogen-bond acceptors (Lipinski definition) is 4. The lowest BCUT2D eigenvalue weighted by molar-refractivity contribution is 0.0769. The lowest BCUT2D eigenvalue weighted by Crippen LogP contribution is -2.35. The Morgan fingerprint density at radius 1 is 1.17 bits per heavy atom. The number of H-pyrrole nitrogens is 1. The van der Waals surface area contributed by atoms with Crippen LogP contribution < -0.4 is 5.32 Å². The number of rotatable bonds is 2. The third-order valence-electron chi connectivity index (χ3n) is 5.95. The van der Waals surface area contributed by atoms with Crippen LogP contribution in [0.1, 0.15) is 41.0 Å². The molecule has 126 valence electrons. The Bertz CT molecular complexity index is 576. The summed E-state index contributed by atoms with van der Waals surface area (Å²) in [5.74, 6) is 1.60. The number of hydrogen-bond donors (Lipinski definition) is 2. The van der Waals surface area contributed by atoms with Crippen LogP contribution in [-0.2, 0) is 13.0 Å². The van der Waals surface area contributed by atoms with E-state index in [-0.39, 0.29) is 5.91 Å². The van der Waals surface area contributed by atoms with Crippen molar-refractivity contribution in [1.29, 1.82) is 0 Å².